The molecule has 92 valence electrons. The van der Waals surface area contributed by atoms with E-state index in [1.54, 1.807) is 24.3 Å². The number of hydrogen-bond acceptors (Lipinski definition) is 4. The number of carbonyl (C=O) groups is 2. The summed E-state index contributed by atoms with van der Waals surface area (Å²) in [6.07, 6.45) is -1.24. The van der Waals surface area contributed by atoms with Crippen molar-refractivity contribution in [2.45, 2.75) is 13.0 Å². The van der Waals surface area contributed by atoms with Crippen molar-refractivity contribution in [2.75, 3.05) is 12.4 Å². The Bertz CT molecular complexity index is 418. The van der Waals surface area contributed by atoms with E-state index >= 15 is 0 Å². The minimum atomic E-state index is -1.24. The van der Waals surface area contributed by atoms with Crippen molar-refractivity contribution >= 4 is 17.6 Å². The molecule has 0 saturated carbocycles. The quantitative estimate of drug-likeness (QED) is 0.724. The second kappa shape index (κ2) is 5.86. The molecular formula is C11H14N2O4. The maximum absolute atomic E-state index is 11.4. The van der Waals surface area contributed by atoms with Crippen LogP contribution in [0.3, 0.4) is 0 Å². The highest BCUT2D eigenvalue weighted by molar-refractivity contribution is 6.02. The zero-order valence-corrected chi connectivity index (χ0v) is 9.56. The van der Waals surface area contributed by atoms with Crippen LogP contribution in [-0.2, 0) is 4.79 Å². The van der Waals surface area contributed by atoms with Crippen LogP contribution >= 0.6 is 0 Å². The monoisotopic (exact) mass is 238 g/mol. The van der Waals surface area contributed by atoms with Crippen molar-refractivity contribution in [2.24, 2.45) is 0 Å². The van der Waals surface area contributed by atoms with Crippen LogP contribution in [0.15, 0.2) is 24.3 Å². The van der Waals surface area contributed by atoms with Crippen LogP contribution in [0, 0.1) is 0 Å². The molecule has 1 aromatic rings. The molecule has 1 aromatic carbocycles. The van der Waals surface area contributed by atoms with Crippen LogP contribution in [0.4, 0.5) is 10.5 Å². The molecule has 0 fully saturated rings. The van der Waals surface area contributed by atoms with Gasteiger partial charge in [-0.3, -0.25) is 10.1 Å². The number of imide groups is 1. The van der Waals surface area contributed by atoms with Crippen LogP contribution in [0.25, 0.3) is 0 Å². The molecule has 1 unspecified atom stereocenters. The fraction of sp³-hybridized carbons (Fsp3) is 0.273. The van der Waals surface area contributed by atoms with E-state index in [4.69, 9.17) is 9.84 Å². The van der Waals surface area contributed by atoms with Gasteiger partial charge in [0, 0.05) is 0 Å². The van der Waals surface area contributed by atoms with E-state index in [1.165, 1.54) is 14.0 Å². The van der Waals surface area contributed by atoms with Crippen molar-refractivity contribution in [1.82, 2.24) is 5.32 Å². The molecule has 0 saturated heterocycles. The fourth-order valence-corrected chi connectivity index (χ4v) is 1.12. The van der Waals surface area contributed by atoms with Crippen LogP contribution in [0.5, 0.6) is 5.75 Å². The molecule has 6 heteroatoms. The zero-order valence-electron chi connectivity index (χ0n) is 9.56. The lowest BCUT2D eigenvalue weighted by Crippen LogP contribution is -2.39. The summed E-state index contributed by atoms with van der Waals surface area (Å²) in [5.41, 5.74) is 0.436. The van der Waals surface area contributed by atoms with Gasteiger partial charge in [-0.2, -0.15) is 0 Å². The second-order valence-corrected chi connectivity index (χ2v) is 3.32. The molecule has 0 aromatic heterocycles. The van der Waals surface area contributed by atoms with E-state index in [0.717, 1.165) is 0 Å². The molecule has 0 aliphatic heterocycles. The summed E-state index contributed by atoms with van der Waals surface area (Å²) < 4.78 is 5.02. The van der Waals surface area contributed by atoms with Crippen molar-refractivity contribution in [1.29, 1.82) is 0 Å². The van der Waals surface area contributed by atoms with E-state index in [9.17, 15) is 9.59 Å². The number of nitrogens with one attached hydrogen (secondary N) is 2. The molecular weight excluding hydrogens is 224 g/mol. The summed E-state index contributed by atoms with van der Waals surface area (Å²) in [6, 6.07) is 6.05. The van der Waals surface area contributed by atoms with Gasteiger partial charge in [0.1, 0.15) is 11.9 Å². The summed E-state index contributed by atoms with van der Waals surface area (Å²) in [6.45, 7) is 1.27. The van der Waals surface area contributed by atoms with Crippen LogP contribution in [0.1, 0.15) is 6.92 Å². The number of methoxy groups -OCH3 is 1. The Morgan fingerprint density at radius 1 is 1.35 bits per heavy atom. The lowest BCUT2D eigenvalue weighted by atomic mass is 10.3. The number of benzene rings is 1. The first kappa shape index (κ1) is 13.0. The predicted octanol–water partition coefficient (Wildman–Crippen LogP) is 0.724. The first-order valence-corrected chi connectivity index (χ1v) is 4.97. The van der Waals surface area contributed by atoms with E-state index in [-0.39, 0.29) is 0 Å². The first-order chi connectivity index (χ1) is 8.04. The van der Waals surface area contributed by atoms with Gasteiger partial charge in [-0.1, -0.05) is 12.1 Å². The Morgan fingerprint density at radius 2 is 2.00 bits per heavy atom. The Hall–Kier alpha value is -2.08. The number of aliphatic hydroxyl groups is 1. The van der Waals surface area contributed by atoms with Gasteiger partial charge in [0.05, 0.1) is 12.8 Å². The summed E-state index contributed by atoms with van der Waals surface area (Å²) >= 11 is 0. The summed E-state index contributed by atoms with van der Waals surface area (Å²) in [5.74, 6) is -0.287. The number of carbonyl (C=O) groups excluding carboxylic acids is 2. The summed E-state index contributed by atoms with van der Waals surface area (Å²) in [4.78, 5) is 22.4. The normalized spacial score (nSPS) is 11.5. The number of anilines is 1. The second-order valence-electron chi connectivity index (χ2n) is 3.32. The Labute approximate surface area is 98.6 Å². The fourth-order valence-electron chi connectivity index (χ4n) is 1.12. The van der Waals surface area contributed by atoms with Crippen molar-refractivity contribution < 1.29 is 19.4 Å². The maximum Gasteiger partial charge on any atom is 0.326 e. The van der Waals surface area contributed by atoms with Gasteiger partial charge in [0.25, 0.3) is 5.91 Å². The molecule has 6 nitrogen and oxygen atoms in total. The highest BCUT2D eigenvalue weighted by atomic mass is 16.5. The summed E-state index contributed by atoms with van der Waals surface area (Å²) in [5, 5.41) is 13.3. The van der Waals surface area contributed by atoms with Gasteiger partial charge in [-0.05, 0) is 19.1 Å². The Balaban J connectivity index is 2.65. The minimum absolute atomic E-state index is 0.436. The highest BCUT2D eigenvalue weighted by Crippen LogP contribution is 2.22. The van der Waals surface area contributed by atoms with Crippen LogP contribution < -0.4 is 15.4 Å². The number of para-hydroxylation sites is 2. The van der Waals surface area contributed by atoms with Crippen molar-refractivity contribution in [3.05, 3.63) is 24.3 Å². The SMILES string of the molecule is COc1ccccc1NC(=O)NC(=O)C(C)O. The van der Waals surface area contributed by atoms with E-state index in [2.05, 4.69) is 5.32 Å². The van der Waals surface area contributed by atoms with Gasteiger partial charge in [-0.15, -0.1) is 0 Å². The average Bonchev–Trinajstić information content (AvgIpc) is 2.29. The molecule has 3 amide bonds. The van der Waals surface area contributed by atoms with Gasteiger partial charge in [0.2, 0.25) is 0 Å². The van der Waals surface area contributed by atoms with Crippen LogP contribution in [0.2, 0.25) is 0 Å². The number of amides is 3. The van der Waals surface area contributed by atoms with Gasteiger partial charge >= 0.3 is 6.03 Å². The lowest BCUT2D eigenvalue weighted by Gasteiger charge is -2.10. The summed E-state index contributed by atoms with van der Waals surface area (Å²) in [7, 11) is 1.47. The number of hydrogen-bond donors (Lipinski definition) is 3. The minimum Gasteiger partial charge on any atom is -0.495 e. The zero-order chi connectivity index (χ0) is 12.8. The first-order valence-electron chi connectivity index (χ1n) is 4.97. The molecule has 3 N–H and O–H groups in total. The molecule has 0 radical (unpaired) electrons. The third-order valence-electron chi connectivity index (χ3n) is 1.97. The van der Waals surface area contributed by atoms with E-state index in [0.29, 0.717) is 11.4 Å². The molecule has 1 rings (SSSR count). The maximum atomic E-state index is 11.4. The number of ether oxygens (including phenoxy) is 1. The lowest BCUT2D eigenvalue weighted by molar-refractivity contribution is -0.127. The molecule has 17 heavy (non-hydrogen) atoms. The highest BCUT2D eigenvalue weighted by Gasteiger charge is 2.13. The Kier molecular flexibility index (Phi) is 4.47. The van der Waals surface area contributed by atoms with Gasteiger partial charge in [0.15, 0.2) is 0 Å². The topological polar surface area (TPSA) is 87.7 Å². The van der Waals surface area contributed by atoms with Gasteiger partial charge < -0.3 is 15.2 Å². The largest absolute Gasteiger partial charge is 0.495 e. The average molecular weight is 238 g/mol. The predicted molar refractivity (Wildman–Crippen MR) is 61.8 cm³/mol. The Morgan fingerprint density at radius 3 is 2.59 bits per heavy atom. The van der Waals surface area contributed by atoms with Gasteiger partial charge in [-0.25, -0.2) is 4.79 Å². The molecule has 0 bridgehead atoms. The van der Waals surface area contributed by atoms with Crippen LogP contribution in [-0.4, -0.2) is 30.3 Å². The molecule has 0 aliphatic carbocycles. The third-order valence-corrected chi connectivity index (χ3v) is 1.97. The van der Waals surface area contributed by atoms with E-state index in [1.807, 2.05) is 5.32 Å². The van der Waals surface area contributed by atoms with Crippen molar-refractivity contribution in [3.63, 3.8) is 0 Å². The molecule has 0 heterocycles. The number of urea groups is 1. The molecule has 0 spiro atoms. The van der Waals surface area contributed by atoms with Crippen molar-refractivity contribution in [3.8, 4) is 5.75 Å². The van der Waals surface area contributed by atoms with E-state index < -0.39 is 18.0 Å². The number of aliphatic hydroxyl groups excluding tert-OH is 1. The molecule has 0 aliphatic rings. The molecule has 1 atom stereocenters. The number of rotatable bonds is 3. The standard InChI is InChI=1S/C11H14N2O4/c1-7(14)10(15)13-11(16)12-8-5-3-4-6-9(8)17-2/h3-7,14H,1-2H3,(H2,12,13,15,16). The smallest absolute Gasteiger partial charge is 0.326 e. The third kappa shape index (κ3) is 3.76.